The van der Waals surface area contributed by atoms with E-state index in [2.05, 4.69) is 45.6 Å². The van der Waals surface area contributed by atoms with Crippen molar-refractivity contribution in [3.8, 4) is 5.75 Å². The van der Waals surface area contributed by atoms with Crippen molar-refractivity contribution in [1.29, 1.82) is 0 Å². The summed E-state index contributed by atoms with van der Waals surface area (Å²) >= 11 is 0. The van der Waals surface area contributed by atoms with Crippen LogP contribution in [-0.2, 0) is 16.0 Å². The standard InChI is InChI=1S/C23H40N4O3/c1-5-29-14-15-30-22-16-19(2)6-7-21(22)18-26-23(24-3)25-17-20-8-10-27(11-9-20)12-13-28-4/h6-7,16,20H,5,8-15,17-18H2,1-4H3,(H2,24,25,26). The number of hydrogen-bond acceptors (Lipinski definition) is 5. The van der Waals surface area contributed by atoms with Gasteiger partial charge in [0.1, 0.15) is 12.4 Å². The van der Waals surface area contributed by atoms with Crippen LogP contribution in [0.5, 0.6) is 5.75 Å². The number of nitrogens with one attached hydrogen (secondary N) is 2. The monoisotopic (exact) mass is 420 g/mol. The van der Waals surface area contributed by atoms with E-state index in [1.807, 2.05) is 14.0 Å². The van der Waals surface area contributed by atoms with Gasteiger partial charge in [-0.3, -0.25) is 4.99 Å². The van der Waals surface area contributed by atoms with Crippen LogP contribution in [-0.4, -0.2) is 77.6 Å². The average Bonchev–Trinajstić information content (AvgIpc) is 2.77. The smallest absolute Gasteiger partial charge is 0.191 e. The number of nitrogens with zero attached hydrogens (tertiary/aromatic N) is 2. The highest BCUT2D eigenvalue weighted by molar-refractivity contribution is 5.79. The zero-order valence-corrected chi connectivity index (χ0v) is 19.2. The lowest BCUT2D eigenvalue weighted by Crippen LogP contribution is -2.43. The molecular weight excluding hydrogens is 380 g/mol. The Balaban J connectivity index is 1.76. The zero-order chi connectivity index (χ0) is 21.6. The summed E-state index contributed by atoms with van der Waals surface area (Å²) in [5.74, 6) is 2.41. The van der Waals surface area contributed by atoms with E-state index in [9.17, 15) is 0 Å². The van der Waals surface area contributed by atoms with Crippen LogP contribution in [0.4, 0.5) is 0 Å². The molecule has 2 N–H and O–H groups in total. The molecule has 1 aliphatic rings. The van der Waals surface area contributed by atoms with E-state index in [0.29, 0.717) is 32.3 Å². The fraction of sp³-hybridized carbons (Fsp3) is 0.696. The molecule has 1 fully saturated rings. The average molecular weight is 421 g/mol. The van der Waals surface area contributed by atoms with Crippen LogP contribution >= 0.6 is 0 Å². The molecule has 0 atom stereocenters. The third-order valence-corrected chi connectivity index (χ3v) is 5.46. The first kappa shape index (κ1) is 24.4. The maximum Gasteiger partial charge on any atom is 0.191 e. The molecule has 0 bridgehead atoms. The molecule has 0 aliphatic carbocycles. The normalized spacial score (nSPS) is 15.9. The molecule has 0 aromatic heterocycles. The molecule has 2 rings (SSSR count). The maximum atomic E-state index is 5.94. The van der Waals surface area contributed by atoms with Crippen LogP contribution in [0.15, 0.2) is 23.2 Å². The van der Waals surface area contributed by atoms with Gasteiger partial charge in [-0.2, -0.15) is 0 Å². The summed E-state index contributed by atoms with van der Waals surface area (Å²) in [5, 5.41) is 6.92. The Hall–Kier alpha value is -1.83. The largest absolute Gasteiger partial charge is 0.491 e. The number of guanidine groups is 1. The SMILES string of the molecule is CCOCCOc1cc(C)ccc1CNC(=NC)NCC1CCN(CCOC)CC1. The molecule has 0 spiro atoms. The van der Waals surface area contributed by atoms with E-state index in [4.69, 9.17) is 14.2 Å². The van der Waals surface area contributed by atoms with Crippen LogP contribution in [0, 0.1) is 12.8 Å². The van der Waals surface area contributed by atoms with Crippen LogP contribution in [0.25, 0.3) is 0 Å². The summed E-state index contributed by atoms with van der Waals surface area (Å²) in [6.07, 6.45) is 2.42. The highest BCUT2D eigenvalue weighted by Gasteiger charge is 2.19. The third kappa shape index (κ3) is 8.90. The Morgan fingerprint density at radius 3 is 2.67 bits per heavy atom. The van der Waals surface area contributed by atoms with E-state index in [1.165, 1.54) is 18.4 Å². The zero-order valence-electron chi connectivity index (χ0n) is 19.2. The van der Waals surface area contributed by atoms with Crippen molar-refractivity contribution in [2.24, 2.45) is 10.9 Å². The first-order valence-corrected chi connectivity index (χ1v) is 11.1. The van der Waals surface area contributed by atoms with Gasteiger partial charge in [0, 0.05) is 46.0 Å². The van der Waals surface area contributed by atoms with Crippen molar-refractivity contribution >= 4 is 5.96 Å². The number of ether oxygens (including phenoxy) is 3. The number of benzene rings is 1. The second kappa shape index (κ2) is 14.2. The van der Waals surface area contributed by atoms with Gasteiger partial charge < -0.3 is 29.7 Å². The lowest BCUT2D eigenvalue weighted by molar-refractivity contribution is 0.110. The lowest BCUT2D eigenvalue weighted by Gasteiger charge is -2.32. The van der Waals surface area contributed by atoms with Gasteiger partial charge in [0.05, 0.1) is 13.2 Å². The Morgan fingerprint density at radius 1 is 1.17 bits per heavy atom. The van der Waals surface area contributed by atoms with Crippen molar-refractivity contribution in [2.75, 3.05) is 66.8 Å². The fourth-order valence-corrected chi connectivity index (χ4v) is 3.57. The minimum Gasteiger partial charge on any atom is -0.491 e. The molecule has 1 heterocycles. The van der Waals surface area contributed by atoms with Gasteiger partial charge in [0.15, 0.2) is 5.96 Å². The summed E-state index contributed by atoms with van der Waals surface area (Å²) < 4.78 is 16.5. The molecule has 7 heteroatoms. The highest BCUT2D eigenvalue weighted by Crippen LogP contribution is 2.20. The summed E-state index contributed by atoms with van der Waals surface area (Å²) in [6.45, 7) is 11.7. The van der Waals surface area contributed by atoms with Gasteiger partial charge in [-0.1, -0.05) is 12.1 Å². The van der Waals surface area contributed by atoms with Crippen molar-refractivity contribution in [2.45, 2.75) is 33.2 Å². The van der Waals surface area contributed by atoms with Gasteiger partial charge in [0.25, 0.3) is 0 Å². The van der Waals surface area contributed by atoms with Crippen LogP contribution in [0.1, 0.15) is 30.9 Å². The van der Waals surface area contributed by atoms with E-state index < -0.39 is 0 Å². The van der Waals surface area contributed by atoms with Gasteiger partial charge in [-0.25, -0.2) is 0 Å². The topological polar surface area (TPSA) is 67.4 Å². The number of aryl methyl sites for hydroxylation is 1. The Labute approximate surface area is 182 Å². The minimum absolute atomic E-state index is 0.556. The highest BCUT2D eigenvalue weighted by atomic mass is 16.5. The first-order valence-electron chi connectivity index (χ1n) is 11.1. The molecule has 7 nitrogen and oxygen atoms in total. The van der Waals surface area contributed by atoms with Gasteiger partial charge in [-0.15, -0.1) is 0 Å². The predicted octanol–water partition coefficient (Wildman–Crippen LogP) is 2.43. The molecule has 1 aromatic rings. The second-order valence-electron chi connectivity index (χ2n) is 7.74. The lowest BCUT2D eigenvalue weighted by atomic mass is 9.97. The Kier molecular flexibility index (Phi) is 11.6. The molecule has 0 amide bonds. The molecule has 1 aromatic carbocycles. The molecule has 0 saturated carbocycles. The molecular formula is C23H40N4O3. The maximum absolute atomic E-state index is 5.94. The number of likely N-dealkylation sites (tertiary alicyclic amines) is 1. The molecule has 0 unspecified atom stereocenters. The summed E-state index contributed by atoms with van der Waals surface area (Å²) in [7, 11) is 3.58. The van der Waals surface area contributed by atoms with E-state index in [1.54, 1.807) is 7.11 Å². The van der Waals surface area contributed by atoms with E-state index >= 15 is 0 Å². The van der Waals surface area contributed by atoms with Gasteiger partial charge in [0.2, 0.25) is 0 Å². The fourth-order valence-electron chi connectivity index (χ4n) is 3.57. The van der Waals surface area contributed by atoms with Crippen molar-refractivity contribution in [1.82, 2.24) is 15.5 Å². The van der Waals surface area contributed by atoms with Crippen LogP contribution in [0.2, 0.25) is 0 Å². The molecule has 0 radical (unpaired) electrons. The second-order valence-corrected chi connectivity index (χ2v) is 7.74. The number of aliphatic imine (C=N–C) groups is 1. The predicted molar refractivity (Wildman–Crippen MR) is 122 cm³/mol. The van der Waals surface area contributed by atoms with E-state index in [-0.39, 0.29) is 0 Å². The minimum atomic E-state index is 0.556. The first-order chi connectivity index (χ1) is 14.7. The van der Waals surface area contributed by atoms with Gasteiger partial charge >= 0.3 is 0 Å². The Bertz CT molecular complexity index is 631. The summed E-state index contributed by atoms with van der Waals surface area (Å²) in [6, 6.07) is 6.30. The third-order valence-electron chi connectivity index (χ3n) is 5.46. The quantitative estimate of drug-likeness (QED) is 0.308. The molecule has 30 heavy (non-hydrogen) atoms. The number of rotatable bonds is 12. The summed E-state index contributed by atoms with van der Waals surface area (Å²) in [5.41, 5.74) is 2.30. The van der Waals surface area contributed by atoms with E-state index in [0.717, 1.165) is 50.1 Å². The molecule has 1 saturated heterocycles. The molecule has 170 valence electrons. The van der Waals surface area contributed by atoms with Crippen molar-refractivity contribution in [3.63, 3.8) is 0 Å². The van der Waals surface area contributed by atoms with Crippen molar-refractivity contribution < 1.29 is 14.2 Å². The molecule has 1 aliphatic heterocycles. The Morgan fingerprint density at radius 2 is 1.97 bits per heavy atom. The number of methoxy groups -OCH3 is 1. The summed E-state index contributed by atoms with van der Waals surface area (Å²) in [4.78, 5) is 6.87. The number of piperidine rings is 1. The van der Waals surface area contributed by atoms with Crippen LogP contribution in [0.3, 0.4) is 0 Å². The number of hydrogen-bond donors (Lipinski definition) is 2. The van der Waals surface area contributed by atoms with Crippen molar-refractivity contribution in [3.05, 3.63) is 29.3 Å². The van der Waals surface area contributed by atoms with Gasteiger partial charge in [-0.05, 0) is 57.3 Å². The van der Waals surface area contributed by atoms with Crippen LogP contribution < -0.4 is 15.4 Å².